The number of rotatable bonds is 9. The molecular formula is C14H25N3S. The van der Waals surface area contributed by atoms with Crippen molar-refractivity contribution in [2.45, 2.75) is 26.5 Å². The van der Waals surface area contributed by atoms with Crippen molar-refractivity contribution in [1.29, 1.82) is 0 Å². The Balaban J connectivity index is 2.28. The minimum atomic E-state index is 0.922. The first-order chi connectivity index (χ1) is 8.80. The molecule has 0 amide bonds. The smallest absolute Gasteiger partial charge is 0.126 e. The number of pyridine rings is 1. The summed E-state index contributed by atoms with van der Waals surface area (Å²) < 4.78 is 0. The van der Waals surface area contributed by atoms with Gasteiger partial charge in [0.2, 0.25) is 0 Å². The van der Waals surface area contributed by atoms with Crippen LogP contribution in [0.25, 0.3) is 0 Å². The summed E-state index contributed by atoms with van der Waals surface area (Å²) in [5, 5.41) is 3.25. The third-order valence-electron chi connectivity index (χ3n) is 2.86. The Morgan fingerprint density at radius 2 is 2.00 bits per heavy atom. The van der Waals surface area contributed by atoms with Crippen LogP contribution in [0.3, 0.4) is 0 Å². The third kappa shape index (κ3) is 5.74. The molecule has 1 aromatic heterocycles. The van der Waals surface area contributed by atoms with E-state index in [1.54, 1.807) is 0 Å². The molecule has 0 aliphatic carbocycles. The average Bonchev–Trinajstić information content (AvgIpc) is 2.40. The first kappa shape index (κ1) is 15.3. The van der Waals surface area contributed by atoms with Gasteiger partial charge in [0.15, 0.2) is 0 Å². The van der Waals surface area contributed by atoms with Crippen LogP contribution in [-0.2, 0) is 5.75 Å². The van der Waals surface area contributed by atoms with Crippen molar-refractivity contribution in [2.75, 3.05) is 37.2 Å². The zero-order valence-electron chi connectivity index (χ0n) is 11.8. The molecular weight excluding hydrogens is 242 g/mol. The first-order valence-electron chi connectivity index (χ1n) is 6.80. The molecule has 0 unspecified atom stereocenters. The molecule has 0 atom stereocenters. The van der Waals surface area contributed by atoms with Gasteiger partial charge in [-0.15, -0.1) is 0 Å². The maximum Gasteiger partial charge on any atom is 0.126 e. The fraction of sp³-hybridized carbons (Fsp3) is 0.643. The fourth-order valence-electron chi connectivity index (χ4n) is 1.75. The van der Waals surface area contributed by atoms with Gasteiger partial charge in [0.05, 0.1) is 5.69 Å². The second-order valence-corrected chi connectivity index (χ2v) is 5.23. The highest BCUT2D eigenvalue weighted by Gasteiger charge is 2.00. The molecule has 4 heteroatoms. The molecule has 0 aromatic carbocycles. The van der Waals surface area contributed by atoms with Gasteiger partial charge < -0.3 is 10.2 Å². The predicted octanol–water partition coefficient (Wildman–Crippen LogP) is 3.09. The van der Waals surface area contributed by atoms with E-state index in [1.807, 2.05) is 17.8 Å². The second kappa shape index (κ2) is 9.22. The van der Waals surface area contributed by atoms with Gasteiger partial charge >= 0.3 is 0 Å². The lowest BCUT2D eigenvalue weighted by atomic mass is 10.4. The molecule has 0 aliphatic rings. The molecule has 1 heterocycles. The van der Waals surface area contributed by atoms with Crippen LogP contribution in [0.5, 0.6) is 0 Å². The number of hydrogen-bond donors (Lipinski definition) is 1. The highest BCUT2D eigenvalue weighted by molar-refractivity contribution is 7.98. The van der Waals surface area contributed by atoms with Gasteiger partial charge in [0.1, 0.15) is 5.82 Å². The maximum atomic E-state index is 4.57. The van der Waals surface area contributed by atoms with E-state index in [9.17, 15) is 0 Å². The molecule has 0 saturated heterocycles. The normalized spacial score (nSPS) is 10.9. The standard InChI is InChI=1S/C14H25N3S/c1-4-15-14-9-7-8-13(16-14)12-18-11-10-17(5-2)6-3/h7-9H,4-6,10-12H2,1-3H3,(H,15,16). The molecule has 1 aromatic rings. The van der Waals surface area contributed by atoms with Gasteiger partial charge in [0.25, 0.3) is 0 Å². The van der Waals surface area contributed by atoms with Crippen LogP contribution in [0.2, 0.25) is 0 Å². The van der Waals surface area contributed by atoms with E-state index < -0.39 is 0 Å². The van der Waals surface area contributed by atoms with Crippen LogP contribution in [0.1, 0.15) is 26.5 Å². The summed E-state index contributed by atoms with van der Waals surface area (Å²) in [4.78, 5) is 7.03. The van der Waals surface area contributed by atoms with Crippen LogP contribution < -0.4 is 5.32 Å². The van der Waals surface area contributed by atoms with Gasteiger partial charge in [-0.2, -0.15) is 11.8 Å². The van der Waals surface area contributed by atoms with Crippen LogP contribution in [0, 0.1) is 0 Å². The van der Waals surface area contributed by atoms with Crippen LogP contribution in [0.4, 0.5) is 5.82 Å². The van der Waals surface area contributed by atoms with Gasteiger partial charge in [0, 0.05) is 24.6 Å². The Hall–Kier alpha value is -0.740. The Morgan fingerprint density at radius 3 is 2.67 bits per heavy atom. The number of nitrogens with one attached hydrogen (secondary N) is 1. The molecule has 0 fully saturated rings. The van der Waals surface area contributed by atoms with Gasteiger partial charge in [-0.05, 0) is 32.1 Å². The van der Waals surface area contributed by atoms with Crippen molar-refractivity contribution >= 4 is 17.6 Å². The number of hydrogen-bond acceptors (Lipinski definition) is 4. The average molecular weight is 267 g/mol. The molecule has 0 aliphatic heterocycles. The molecule has 0 spiro atoms. The highest BCUT2D eigenvalue weighted by Crippen LogP contribution is 2.12. The van der Waals surface area contributed by atoms with E-state index in [0.717, 1.165) is 36.9 Å². The van der Waals surface area contributed by atoms with E-state index in [4.69, 9.17) is 0 Å². The lowest BCUT2D eigenvalue weighted by molar-refractivity contribution is 0.324. The molecule has 102 valence electrons. The molecule has 3 nitrogen and oxygen atoms in total. The first-order valence-corrected chi connectivity index (χ1v) is 7.95. The molecule has 1 rings (SSSR count). The van der Waals surface area contributed by atoms with Gasteiger partial charge in [-0.3, -0.25) is 0 Å². The molecule has 1 N–H and O–H groups in total. The number of aromatic nitrogens is 1. The quantitative estimate of drug-likeness (QED) is 0.696. The second-order valence-electron chi connectivity index (χ2n) is 4.12. The highest BCUT2D eigenvalue weighted by atomic mass is 32.2. The lowest BCUT2D eigenvalue weighted by Gasteiger charge is -2.17. The van der Waals surface area contributed by atoms with E-state index in [2.05, 4.69) is 48.1 Å². The predicted molar refractivity (Wildman–Crippen MR) is 82.4 cm³/mol. The Labute approximate surface area is 115 Å². The molecule has 0 saturated carbocycles. The largest absolute Gasteiger partial charge is 0.370 e. The van der Waals surface area contributed by atoms with Crippen LogP contribution in [-0.4, -0.2) is 41.8 Å². The monoisotopic (exact) mass is 267 g/mol. The van der Waals surface area contributed by atoms with Crippen molar-refractivity contribution in [1.82, 2.24) is 9.88 Å². The third-order valence-corrected chi connectivity index (χ3v) is 3.83. The summed E-state index contributed by atoms with van der Waals surface area (Å²) in [6.45, 7) is 10.9. The van der Waals surface area contributed by atoms with Crippen molar-refractivity contribution in [3.63, 3.8) is 0 Å². The number of anilines is 1. The zero-order chi connectivity index (χ0) is 13.2. The van der Waals surface area contributed by atoms with E-state index in [0.29, 0.717) is 0 Å². The topological polar surface area (TPSA) is 28.2 Å². The van der Waals surface area contributed by atoms with Crippen molar-refractivity contribution in [2.24, 2.45) is 0 Å². The summed E-state index contributed by atoms with van der Waals surface area (Å²) in [5.41, 5.74) is 1.16. The lowest BCUT2D eigenvalue weighted by Crippen LogP contribution is -2.25. The number of nitrogens with zero attached hydrogens (tertiary/aromatic N) is 2. The van der Waals surface area contributed by atoms with Crippen LogP contribution in [0.15, 0.2) is 18.2 Å². The van der Waals surface area contributed by atoms with E-state index in [-0.39, 0.29) is 0 Å². The Bertz CT molecular complexity index is 327. The molecule has 0 radical (unpaired) electrons. The van der Waals surface area contributed by atoms with Crippen molar-refractivity contribution in [3.05, 3.63) is 23.9 Å². The molecule has 0 bridgehead atoms. The summed E-state index contributed by atoms with van der Waals surface area (Å²) in [6.07, 6.45) is 0. The molecule has 18 heavy (non-hydrogen) atoms. The maximum absolute atomic E-state index is 4.57. The summed E-state index contributed by atoms with van der Waals surface area (Å²) in [6, 6.07) is 6.20. The van der Waals surface area contributed by atoms with Gasteiger partial charge in [-0.25, -0.2) is 4.98 Å². The fourth-order valence-corrected chi connectivity index (χ4v) is 2.65. The number of thioether (sulfide) groups is 1. The van der Waals surface area contributed by atoms with E-state index >= 15 is 0 Å². The zero-order valence-corrected chi connectivity index (χ0v) is 12.6. The summed E-state index contributed by atoms with van der Waals surface area (Å²) >= 11 is 1.96. The SMILES string of the molecule is CCNc1cccc(CSCCN(CC)CC)n1. The van der Waals surface area contributed by atoms with Crippen molar-refractivity contribution in [3.8, 4) is 0 Å². The Kier molecular flexibility index (Phi) is 7.85. The minimum absolute atomic E-state index is 0.922. The van der Waals surface area contributed by atoms with Gasteiger partial charge in [-0.1, -0.05) is 19.9 Å². The minimum Gasteiger partial charge on any atom is -0.370 e. The summed E-state index contributed by atoms with van der Waals surface area (Å²) in [7, 11) is 0. The Morgan fingerprint density at radius 1 is 1.22 bits per heavy atom. The van der Waals surface area contributed by atoms with Crippen molar-refractivity contribution < 1.29 is 0 Å². The summed E-state index contributed by atoms with van der Waals surface area (Å²) in [5.74, 6) is 3.16. The van der Waals surface area contributed by atoms with E-state index in [1.165, 1.54) is 12.3 Å². The van der Waals surface area contributed by atoms with Crippen LogP contribution >= 0.6 is 11.8 Å².